The normalized spacial score (nSPS) is 27.6. The maximum Gasteiger partial charge on any atom is 0.479 e. The zero-order chi connectivity index (χ0) is 28.6. The molecule has 3 rings (SSSR count). The van der Waals surface area contributed by atoms with Gasteiger partial charge in [0.2, 0.25) is 0 Å². The molecule has 23 heteroatoms. The van der Waals surface area contributed by atoms with E-state index in [0.29, 0.717) is 10.8 Å². The Morgan fingerprint density at radius 3 is 2.45 bits per heavy atom. The number of ether oxygens (including phenoxy) is 1. The van der Waals surface area contributed by atoms with Crippen molar-refractivity contribution in [2.45, 2.75) is 53.3 Å². The summed E-state index contributed by atoms with van der Waals surface area (Å²) in [6.45, 7) is 1.07. The lowest BCUT2D eigenvalue weighted by Crippen LogP contribution is -2.44. The van der Waals surface area contributed by atoms with E-state index in [1.54, 1.807) is 0 Å². The number of aromatic nitrogens is 2. The molecule has 0 bridgehead atoms. The van der Waals surface area contributed by atoms with Crippen molar-refractivity contribution in [2.75, 3.05) is 35.0 Å². The summed E-state index contributed by atoms with van der Waals surface area (Å²) in [7, 11) is -16.6. The molecule has 2 aliphatic rings. The Morgan fingerprint density at radius 1 is 1.21 bits per heavy atom. The van der Waals surface area contributed by atoms with Crippen molar-refractivity contribution < 1.29 is 57.1 Å². The van der Waals surface area contributed by atoms with E-state index in [-0.39, 0.29) is 18.3 Å². The number of nitrogens with one attached hydrogen (secondary N) is 1. The van der Waals surface area contributed by atoms with Gasteiger partial charge in [0.1, 0.15) is 28.8 Å². The first-order valence-electron chi connectivity index (χ1n) is 10.7. The van der Waals surface area contributed by atoms with E-state index < -0.39 is 64.4 Å². The fraction of sp³-hybridized carbons (Fsp3) is 0.733. The SMILES string of the molecule is CCCSc1nc(N)c2c(n1)N(C1OC(COP(=O)(O)OP(=O)(O)C(C(Cl)Cl)P(=O)(O)O)C(O)C1O)CN2. The van der Waals surface area contributed by atoms with Crippen molar-refractivity contribution in [1.29, 1.82) is 0 Å². The van der Waals surface area contributed by atoms with Crippen molar-refractivity contribution in [3.8, 4) is 0 Å². The van der Waals surface area contributed by atoms with Gasteiger partial charge in [-0.25, -0.2) is 18.8 Å². The fourth-order valence-corrected chi connectivity index (χ4v) is 10.5. The molecule has 0 aromatic carbocycles. The molecular weight excluding hydrogens is 638 g/mol. The smallest absolute Gasteiger partial charge is 0.387 e. The lowest BCUT2D eigenvalue weighted by Gasteiger charge is -2.27. The van der Waals surface area contributed by atoms with Crippen LogP contribution in [0.1, 0.15) is 13.3 Å². The Balaban J connectivity index is 1.71. The molecule has 7 atom stereocenters. The van der Waals surface area contributed by atoms with Crippen LogP contribution >= 0.6 is 58.0 Å². The van der Waals surface area contributed by atoms with E-state index in [1.165, 1.54) is 16.7 Å². The van der Waals surface area contributed by atoms with Crippen molar-refractivity contribution in [3.05, 3.63) is 0 Å². The highest BCUT2D eigenvalue weighted by molar-refractivity contribution is 7.99. The number of hydrogen-bond donors (Lipinski definition) is 8. The summed E-state index contributed by atoms with van der Waals surface area (Å²) in [6, 6.07) is 0. The summed E-state index contributed by atoms with van der Waals surface area (Å²) in [4.78, 5) is 46.1. The zero-order valence-corrected chi connectivity index (χ0v) is 24.4. The second-order valence-corrected chi connectivity index (χ2v) is 15.9. The van der Waals surface area contributed by atoms with Crippen LogP contribution < -0.4 is 16.0 Å². The maximum absolute atomic E-state index is 12.3. The minimum atomic E-state index is -5.64. The Kier molecular flexibility index (Phi) is 10.5. The van der Waals surface area contributed by atoms with Crippen LogP contribution in [-0.4, -0.2) is 93.6 Å². The van der Waals surface area contributed by atoms with E-state index >= 15 is 0 Å². The van der Waals surface area contributed by atoms with Gasteiger partial charge in [-0.3, -0.25) is 13.7 Å². The number of aliphatic hydroxyl groups excluding tert-OH is 2. The van der Waals surface area contributed by atoms with Gasteiger partial charge in [0.25, 0.3) is 0 Å². The number of anilines is 3. The number of alkyl halides is 2. The van der Waals surface area contributed by atoms with Crippen LogP contribution in [0.3, 0.4) is 0 Å². The first-order valence-corrected chi connectivity index (χ1v) is 17.3. The fourth-order valence-electron chi connectivity index (χ4n) is 3.52. The lowest BCUT2D eigenvalue weighted by atomic mass is 10.1. The molecule has 0 saturated carbocycles. The van der Waals surface area contributed by atoms with Crippen LogP contribution in [0.5, 0.6) is 0 Å². The van der Waals surface area contributed by atoms with Gasteiger partial charge in [0, 0.05) is 5.75 Å². The number of fused-ring (bicyclic) bond motifs is 1. The predicted octanol–water partition coefficient (Wildman–Crippen LogP) is 0.823. The quantitative estimate of drug-likeness (QED) is 0.0665. The molecule has 3 heterocycles. The molecule has 7 unspecified atom stereocenters. The maximum atomic E-state index is 12.3. The Hall–Kier alpha value is -0.260. The molecule has 0 aliphatic carbocycles. The highest BCUT2D eigenvalue weighted by Crippen LogP contribution is 2.71. The van der Waals surface area contributed by atoms with Gasteiger partial charge < -0.3 is 50.5 Å². The molecular formula is C15H26Cl2N5O12P3S. The summed E-state index contributed by atoms with van der Waals surface area (Å²) in [6.07, 6.45) is -5.08. The summed E-state index contributed by atoms with van der Waals surface area (Å²) >= 11 is 12.1. The third-order valence-corrected chi connectivity index (χ3v) is 13.4. The molecule has 1 fully saturated rings. The molecule has 9 N–H and O–H groups in total. The van der Waals surface area contributed by atoms with Gasteiger partial charge in [-0.05, 0) is 6.42 Å². The number of halogens is 2. The number of thioether (sulfide) groups is 1. The number of hydrogen-bond acceptors (Lipinski definition) is 14. The first kappa shape index (κ1) is 32.3. The Labute approximate surface area is 230 Å². The highest BCUT2D eigenvalue weighted by atomic mass is 35.5. The second kappa shape index (κ2) is 12.3. The molecule has 38 heavy (non-hydrogen) atoms. The molecule has 2 aliphatic heterocycles. The van der Waals surface area contributed by atoms with Crippen molar-refractivity contribution in [2.24, 2.45) is 0 Å². The third kappa shape index (κ3) is 7.32. The summed E-state index contributed by atoms with van der Waals surface area (Å²) in [5, 5.41) is 21.6. The van der Waals surface area contributed by atoms with Gasteiger partial charge in [0.15, 0.2) is 28.4 Å². The van der Waals surface area contributed by atoms with E-state index in [2.05, 4.69) is 24.1 Å². The summed E-state index contributed by atoms with van der Waals surface area (Å²) < 4.78 is 50.4. The van der Waals surface area contributed by atoms with Gasteiger partial charge in [-0.15, -0.1) is 23.2 Å². The summed E-state index contributed by atoms with van der Waals surface area (Å²) in [5.41, 5.74) is 6.37. The van der Waals surface area contributed by atoms with E-state index in [0.717, 1.165) is 12.2 Å². The molecule has 0 radical (unpaired) electrons. The minimum Gasteiger partial charge on any atom is -0.387 e. The van der Waals surface area contributed by atoms with Crippen LogP contribution in [0.15, 0.2) is 5.16 Å². The molecule has 218 valence electrons. The van der Waals surface area contributed by atoms with Crippen molar-refractivity contribution in [3.63, 3.8) is 0 Å². The number of phosphoric ester groups is 1. The number of nitrogens with two attached hydrogens (primary N) is 1. The van der Waals surface area contributed by atoms with Gasteiger partial charge in [0.05, 0.1) is 13.3 Å². The topological polar surface area (TPSA) is 267 Å². The standard InChI is InChI=1S/C15H26Cl2N5O12P3S/c1-2-3-38-15-20-11(18)7-12(21-15)22(5-19-7)13-9(24)8(23)6(33-13)4-32-37(30,31)34-36(28,29)14(10(16)17)35(25,26)27/h6,8-10,13-14,19,23-24H,2-5H2,1H3,(H,28,29)(H,30,31)(H2,18,20,21)(H2,25,26,27). The monoisotopic (exact) mass is 663 g/mol. The molecule has 17 nitrogen and oxygen atoms in total. The molecule has 1 saturated heterocycles. The molecule has 0 spiro atoms. The number of phosphoric acid groups is 1. The Morgan fingerprint density at radius 2 is 1.87 bits per heavy atom. The zero-order valence-electron chi connectivity index (χ0n) is 19.4. The van der Waals surface area contributed by atoms with Crippen molar-refractivity contribution >= 4 is 75.3 Å². The van der Waals surface area contributed by atoms with Gasteiger partial charge in [-0.2, -0.15) is 0 Å². The van der Waals surface area contributed by atoms with Crippen molar-refractivity contribution in [1.82, 2.24) is 9.97 Å². The third-order valence-electron chi connectivity index (χ3n) is 5.20. The van der Waals surface area contributed by atoms with Crippen LogP contribution in [0.2, 0.25) is 0 Å². The van der Waals surface area contributed by atoms with Gasteiger partial charge >= 0.3 is 23.0 Å². The minimum absolute atomic E-state index is 0.0508. The molecule has 1 aromatic heterocycles. The number of nitrogen functional groups attached to an aromatic ring is 1. The number of rotatable bonds is 12. The largest absolute Gasteiger partial charge is 0.479 e. The number of aliphatic hydroxyl groups is 2. The Bertz CT molecular complexity index is 1170. The summed E-state index contributed by atoms with van der Waals surface area (Å²) in [5.74, 6) is 1.16. The van der Waals surface area contributed by atoms with E-state index in [1.807, 2.05) is 6.92 Å². The van der Waals surface area contributed by atoms with Crippen LogP contribution in [0.25, 0.3) is 0 Å². The average Bonchev–Trinajstić information content (AvgIpc) is 3.30. The van der Waals surface area contributed by atoms with E-state index in [9.17, 15) is 43.5 Å². The average molecular weight is 664 g/mol. The lowest BCUT2D eigenvalue weighted by molar-refractivity contribution is -0.0212. The first-order chi connectivity index (χ1) is 17.5. The van der Waals surface area contributed by atoms with Crippen LogP contribution in [0, 0.1) is 0 Å². The van der Waals surface area contributed by atoms with E-state index in [4.69, 9.17) is 33.7 Å². The van der Waals surface area contributed by atoms with Gasteiger partial charge in [-0.1, -0.05) is 18.7 Å². The van der Waals surface area contributed by atoms with Crippen LogP contribution in [0.4, 0.5) is 17.3 Å². The molecule has 1 aromatic rings. The van der Waals surface area contributed by atoms with Crippen LogP contribution in [-0.2, 0) is 27.3 Å². The second-order valence-electron chi connectivity index (χ2n) is 8.04. The highest BCUT2D eigenvalue weighted by Gasteiger charge is 2.54. The number of nitrogens with zero attached hydrogens (tertiary/aromatic N) is 3. The molecule has 0 amide bonds. The predicted molar refractivity (Wildman–Crippen MR) is 137 cm³/mol.